The average molecular weight is 232 g/mol. The van der Waals surface area contributed by atoms with Gasteiger partial charge in [0.2, 0.25) is 5.91 Å². The Balaban J connectivity index is 2.12. The number of aromatic amines is 1. The zero-order valence-electron chi connectivity index (χ0n) is 8.54. The van der Waals surface area contributed by atoms with E-state index in [9.17, 15) is 9.59 Å². The Morgan fingerprint density at radius 1 is 1.24 bits per heavy atom. The first-order valence-electron chi connectivity index (χ1n) is 4.67. The molecule has 0 aliphatic carbocycles. The quantitative estimate of drug-likeness (QED) is 0.669. The van der Waals surface area contributed by atoms with E-state index in [1.54, 1.807) is 18.2 Å². The largest absolute Gasteiger partial charge is 0.478 e. The highest BCUT2D eigenvalue weighted by atomic mass is 16.4. The fraction of sp³-hybridized carbons (Fsp3) is 0. The Kier molecular flexibility index (Phi) is 2.82. The number of benzene rings is 1. The minimum atomic E-state index is -1.17. The van der Waals surface area contributed by atoms with Crippen LogP contribution in [-0.4, -0.2) is 32.4 Å². The van der Waals surface area contributed by atoms with Gasteiger partial charge in [0.05, 0.1) is 0 Å². The van der Waals surface area contributed by atoms with Crippen LogP contribution in [0.15, 0.2) is 30.4 Å². The molecule has 1 amide bonds. The van der Waals surface area contributed by atoms with E-state index in [1.807, 2.05) is 0 Å². The van der Waals surface area contributed by atoms with Crippen molar-refractivity contribution in [3.8, 4) is 0 Å². The van der Waals surface area contributed by atoms with Crippen molar-refractivity contribution >= 4 is 28.6 Å². The second kappa shape index (κ2) is 4.44. The maximum Gasteiger partial charge on any atom is 0.328 e. The summed E-state index contributed by atoms with van der Waals surface area (Å²) in [7, 11) is 0. The third-order valence-electron chi connectivity index (χ3n) is 1.96. The second-order valence-electron chi connectivity index (χ2n) is 3.19. The van der Waals surface area contributed by atoms with Crippen molar-refractivity contribution in [2.45, 2.75) is 0 Å². The summed E-state index contributed by atoms with van der Waals surface area (Å²) in [6.07, 6.45) is 1.71. The number of carboxylic acid groups (broad SMARTS) is 1. The van der Waals surface area contributed by atoms with Crippen molar-refractivity contribution in [2.75, 3.05) is 5.32 Å². The molecule has 3 N–H and O–H groups in total. The maximum atomic E-state index is 11.3. The van der Waals surface area contributed by atoms with E-state index in [0.717, 1.165) is 12.2 Å². The molecule has 86 valence electrons. The molecule has 0 radical (unpaired) electrons. The van der Waals surface area contributed by atoms with Gasteiger partial charge in [-0.2, -0.15) is 15.4 Å². The van der Waals surface area contributed by atoms with Crippen LogP contribution in [0.3, 0.4) is 0 Å². The van der Waals surface area contributed by atoms with Crippen LogP contribution in [0.2, 0.25) is 0 Å². The van der Waals surface area contributed by atoms with Gasteiger partial charge in [0.15, 0.2) is 0 Å². The standard InChI is InChI=1S/C10H8N4O3/c15-9(3-4-10(16)17)11-6-1-2-7-8(5-6)13-14-12-7/h1-5H,(H,11,15)(H,16,17)(H,12,13,14)/b4-3+. The van der Waals surface area contributed by atoms with Gasteiger partial charge in [0, 0.05) is 17.8 Å². The van der Waals surface area contributed by atoms with Crippen LogP contribution in [0.1, 0.15) is 0 Å². The van der Waals surface area contributed by atoms with Crippen molar-refractivity contribution in [1.82, 2.24) is 15.4 Å². The Hall–Kier alpha value is -2.70. The number of carboxylic acids is 1. The number of carbonyl (C=O) groups is 2. The van der Waals surface area contributed by atoms with Crippen LogP contribution in [0.4, 0.5) is 5.69 Å². The number of rotatable bonds is 3. The molecule has 0 fully saturated rings. The molecule has 7 nitrogen and oxygen atoms in total. The monoisotopic (exact) mass is 232 g/mol. The number of nitrogens with one attached hydrogen (secondary N) is 2. The number of fused-ring (bicyclic) bond motifs is 1. The molecule has 0 bridgehead atoms. The predicted molar refractivity (Wildman–Crippen MR) is 59.3 cm³/mol. The number of carbonyl (C=O) groups excluding carboxylic acids is 1. The summed E-state index contributed by atoms with van der Waals surface area (Å²) in [5, 5.41) is 21.0. The van der Waals surface area contributed by atoms with Crippen LogP contribution >= 0.6 is 0 Å². The first-order valence-corrected chi connectivity index (χ1v) is 4.67. The van der Waals surface area contributed by atoms with Gasteiger partial charge < -0.3 is 10.4 Å². The summed E-state index contributed by atoms with van der Waals surface area (Å²) in [5.41, 5.74) is 1.82. The highest BCUT2D eigenvalue weighted by molar-refractivity contribution is 6.02. The summed E-state index contributed by atoms with van der Waals surface area (Å²) >= 11 is 0. The molecule has 2 aromatic rings. The van der Waals surface area contributed by atoms with E-state index in [2.05, 4.69) is 20.7 Å². The number of aromatic nitrogens is 3. The van der Waals surface area contributed by atoms with Crippen molar-refractivity contribution in [2.24, 2.45) is 0 Å². The highest BCUT2D eigenvalue weighted by Gasteiger charge is 2.02. The molecule has 1 aromatic carbocycles. The van der Waals surface area contributed by atoms with E-state index in [4.69, 9.17) is 5.11 Å². The molecule has 1 heterocycles. The van der Waals surface area contributed by atoms with Crippen LogP contribution in [0.25, 0.3) is 11.0 Å². The number of H-pyrrole nitrogens is 1. The van der Waals surface area contributed by atoms with Crippen molar-refractivity contribution in [1.29, 1.82) is 0 Å². The molecular weight excluding hydrogens is 224 g/mol. The first kappa shape index (κ1) is 10.8. The van der Waals surface area contributed by atoms with Gasteiger partial charge in [-0.25, -0.2) is 4.79 Å². The number of nitrogens with zero attached hydrogens (tertiary/aromatic N) is 2. The van der Waals surface area contributed by atoms with Gasteiger partial charge in [0.25, 0.3) is 0 Å². The fourth-order valence-corrected chi connectivity index (χ4v) is 1.25. The first-order chi connectivity index (χ1) is 8.15. The van der Waals surface area contributed by atoms with Gasteiger partial charge in [-0.05, 0) is 18.2 Å². The van der Waals surface area contributed by atoms with Gasteiger partial charge in [-0.1, -0.05) is 0 Å². The molecule has 0 aliphatic rings. The Morgan fingerprint density at radius 3 is 2.76 bits per heavy atom. The second-order valence-corrected chi connectivity index (χ2v) is 3.19. The molecule has 0 saturated carbocycles. The Morgan fingerprint density at radius 2 is 2.00 bits per heavy atom. The summed E-state index contributed by atoms with van der Waals surface area (Å²) in [6, 6.07) is 4.97. The summed E-state index contributed by atoms with van der Waals surface area (Å²) in [6.45, 7) is 0. The SMILES string of the molecule is O=C(O)/C=C/C(=O)Nc1ccc2n[nH]nc2c1. The Bertz CT molecular complexity index is 602. The van der Waals surface area contributed by atoms with Crippen LogP contribution in [0, 0.1) is 0 Å². The van der Waals surface area contributed by atoms with Gasteiger partial charge in [-0.15, -0.1) is 0 Å². The van der Waals surface area contributed by atoms with Gasteiger partial charge in [0.1, 0.15) is 11.0 Å². The number of aliphatic carboxylic acids is 1. The van der Waals surface area contributed by atoms with Crippen LogP contribution < -0.4 is 5.32 Å². The average Bonchev–Trinajstić information content (AvgIpc) is 2.73. The lowest BCUT2D eigenvalue weighted by atomic mass is 10.2. The summed E-state index contributed by atoms with van der Waals surface area (Å²) in [5.74, 6) is -1.69. The molecule has 0 saturated heterocycles. The van der Waals surface area contributed by atoms with E-state index in [1.165, 1.54) is 0 Å². The molecule has 0 aliphatic heterocycles. The maximum absolute atomic E-state index is 11.3. The molecule has 17 heavy (non-hydrogen) atoms. The molecule has 0 unspecified atom stereocenters. The number of hydrogen-bond acceptors (Lipinski definition) is 4. The third-order valence-corrected chi connectivity index (χ3v) is 1.96. The Labute approximate surface area is 95.1 Å². The number of amides is 1. The molecular formula is C10H8N4O3. The van der Waals surface area contributed by atoms with Crippen LogP contribution in [-0.2, 0) is 9.59 Å². The van der Waals surface area contributed by atoms with E-state index >= 15 is 0 Å². The third kappa shape index (κ3) is 2.65. The smallest absolute Gasteiger partial charge is 0.328 e. The lowest BCUT2D eigenvalue weighted by molar-refractivity contribution is -0.131. The minimum Gasteiger partial charge on any atom is -0.478 e. The molecule has 0 atom stereocenters. The predicted octanol–water partition coefficient (Wildman–Crippen LogP) is 0.537. The zero-order valence-corrected chi connectivity index (χ0v) is 8.54. The molecule has 1 aromatic heterocycles. The van der Waals surface area contributed by atoms with Crippen molar-refractivity contribution < 1.29 is 14.7 Å². The lowest BCUT2D eigenvalue weighted by Crippen LogP contribution is -2.08. The van der Waals surface area contributed by atoms with Crippen molar-refractivity contribution in [3.63, 3.8) is 0 Å². The zero-order chi connectivity index (χ0) is 12.3. The molecule has 7 heteroatoms. The molecule has 2 rings (SSSR count). The highest BCUT2D eigenvalue weighted by Crippen LogP contribution is 2.14. The fourth-order valence-electron chi connectivity index (χ4n) is 1.25. The number of hydrogen-bond donors (Lipinski definition) is 3. The lowest BCUT2D eigenvalue weighted by Gasteiger charge is -2.00. The van der Waals surface area contributed by atoms with E-state index in [-0.39, 0.29) is 0 Å². The van der Waals surface area contributed by atoms with Gasteiger partial charge in [-0.3, -0.25) is 4.79 Å². The van der Waals surface area contributed by atoms with Gasteiger partial charge >= 0.3 is 5.97 Å². The van der Waals surface area contributed by atoms with Crippen molar-refractivity contribution in [3.05, 3.63) is 30.4 Å². The van der Waals surface area contributed by atoms with E-state index in [0.29, 0.717) is 16.7 Å². The topological polar surface area (TPSA) is 108 Å². The minimum absolute atomic E-state index is 0.518. The normalized spacial score (nSPS) is 10.8. The summed E-state index contributed by atoms with van der Waals surface area (Å²) < 4.78 is 0. The molecule has 0 spiro atoms. The van der Waals surface area contributed by atoms with E-state index < -0.39 is 11.9 Å². The number of anilines is 1. The summed E-state index contributed by atoms with van der Waals surface area (Å²) in [4.78, 5) is 21.5. The van der Waals surface area contributed by atoms with Crippen LogP contribution in [0.5, 0.6) is 0 Å².